The molecular formula is C13H23N5. The van der Waals surface area contributed by atoms with Gasteiger partial charge in [0.1, 0.15) is 17.5 Å². The molecular weight excluding hydrogens is 226 g/mol. The second kappa shape index (κ2) is 6.00. The molecule has 2 rings (SSSR count). The number of nitrogens with zero attached hydrogens (tertiary/aromatic N) is 2. The lowest BCUT2D eigenvalue weighted by Gasteiger charge is -2.13. The summed E-state index contributed by atoms with van der Waals surface area (Å²) >= 11 is 0. The maximum Gasteiger partial charge on any atom is 0.148 e. The molecule has 0 saturated heterocycles. The van der Waals surface area contributed by atoms with E-state index in [1.165, 1.54) is 32.1 Å². The van der Waals surface area contributed by atoms with Gasteiger partial charge in [-0.25, -0.2) is 15.8 Å². The van der Waals surface area contributed by atoms with Gasteiger partial charge in [-0.1, -0.05) is 19.8 Å². The van der Waals surface area contributed by atoms with Crippen LogP contribution in [0.25, 0.3) is 0 Å². The Labute approximate surface area is 109 Å². The minimum Gasteiger partial charge on any atom is -0.370 e. The van der Waals surface area contributed by atoms with E-state index in [1.807, 2.05) is 6.92 Å². The fourth-order valence-corrected chi connectivity index (χ4v) is 1.95. The summed E-state index contributed by atoms with van der Waals surface area (Å²) in [5.74, 6) is 8.64. The Morgan fingerprint density at radius 2 is 1.94 bits per heavy atom. The van der Waals surface area contributed by atoms with Gasteiger partial charge in [0, 0.05) is 18.0 Å². The highest BCUT2D eigenvalue weighted by atomic mass is 15.3. The molecule has 0 aromatic carbocycles. The maximum absolute atomic E-state index is 5.52. The van der Waals surface area contributed by atoms with E-state index in [-0.39, 0.29) is 0 Å². The molecule has 0 unspecified atom stereocenters. The minimum atomic E-state index is 0.536. The second-order valence-corrected chi connectivity index (χ2v) is 4.96. The van der Waals surface area contributed by atoms with Crippen molar-refractivity contribution in [3.63, 3.8) is 0 Å². The quantitative estimate of drug-likeness (QED) is 0.393. The summed E-state index contributed by atoms with van der Waals surface area (Å²) in [6.07, 6.45) is 6.04. The number of anilines is 2. The lowest BCUT2D eigenvalue weighted by Crippen LogP contribution is -2.15. The van der Waals surface area contributed by atoms with Gasteiger partial charge in [0.05, 0.1) is 0 Å². The lowest BCUT2D eigenvalue weighted by atomic mass is 10.2. The molecule has 100 valence electrons. The van der Waals surface area contributed by atoms with Crippen LogP contribution in [0, 0.1) is 6.92 Å². The highest BCUT2D eigenvalue weighted by Gasteiger charge is 2.28. The summed E-state index contributed by atoms with van der Waals surface area (Å²) in [6, 6.07) is 0. The molecule has 0 bridgehead atoms. The van der Waals surface area contributed by atoms with Crippen LogP contribution in [-0.4, -0.2) is 16.5 Å². The van der Waals surface area contributed by atoms with E-state index < -0.39 is 0 Å². The molecule has 5 nitrogen and oxygen atoms in total. The summed E-state index contributed by atoms with van der Waals surface area (Å²) in [5.41, 5.74) is 3.67. The maximum atomic E-state index is 5.52. The molecule has 0 amide bonds. The standard InChI is InChI=1S/C13H23N5/c1-3-4-5-8-15-11-9(2)12(18-14)17-13(16-11)10-6-7-10/h10H,3-8,14H2,1-2H3,(H2,15,16,17,18). The fourth-order valence-electron chi connectivity index (χ4n) is 1.95. The van der Waals surface area contributed by atoms with Crippen molar-refractivity contribution in [1.29, 1.82) is 0 Å². The number of nitrogens with two attached hydrogens (primary N) is 1. The zero-order valence-electron chi connectivity index (χ0n) is 11.3. The first-order valence-electron chi connectivity index (χ1n) is 6.85. The van der Waals surface area contributed by atoms with Crippen LogP contribution < -0.4 is 16.6 Å². The molecule has 1 aliphatic carbocycles. The topological polar surface area (TPSA) is 75.9 Å². The number of unbranched alkanes of at least 4 members (excludes halogenated alkanes) is 2. The van der Waals surface area contributed by atoms with Gasteiger partial charge >= 0.3 is 0 Å². The molecule has 5 heteroatoms. The van der Waals surface area contributed by atoms with Crippen LogP contribution in [0.4, 0.5) is 11.6 Å². The Balaban J connectivity index is 2.08. The van der Waals surface area contributed by atoms with Crippen LogP contribution in [0.1, 0.15) is 56.3 Å². The van der Waals surface area contributed by atoms with Gasteiger partial charge in [0.2, 0.25) is 0 Å². The zero-order chi connectivity index (χ0) is 13.0. The van der Waals surface area contributed by atoms with Gasteiger partial charge in [-0.2, -0.15) is 0 Å². The van der Waals surface area contributed by atoms with Crippen LogP contribution in [0.15, 0.2) is 0 Å². The molecule has 18 heavy (non-hydrogen) atoms. The number of hydrazine groups is 1. The first kappa shape index (κ1) is 13.1. The van der Waals surface area contributed by atoms with Crippen molar-refractivity contribution in [3.8, 4) is 0 Å². The number of rotatable bonds is 7. The molecule has 1 saturated carbocycles. The summed E-state index contributed by atoms with van der Waals surface area (Å²) in [6.45, 7) is 5.16. The number of nitrogen functional groups attached to an aromatic ring is 1. The first-order valence-corrected chi connectivity index (χ1v) is 6.85. The molecule has 0 spiro atoms. The number of hydrogen-bond acceptors (Lipinski definition) is 5. The average Bonchev–Trinajstić information content (AvgIpc) is 3.20. The van der Waals surface area contributed by atoms with Crippen molar-refractivity contribution in [2.75, 3.05) is 17.3 Å². The monoisotopic (exact) mass is 249 g/mol. The third kappa shape index (κ3) is 3.10. The Morgan fingerprint density at radius 1 is 1.22 bits per heavy atom. The van der Waals surface area contributed by atoms with E-state index >= 15 is 0 Å². The molecule has 0 radical (unpaired) electrons. The Kier molecular flexibility index (Phi) is 4.36. The number of hydrogen-bond donors (Lipinski definition) is 3. The third-order valence-electron chi connectivity index (χ3n) is 3.32. The molecule has 1 fully saturated rings. The minimum absolute atomic E-state index is 0.536. The van der Waals surface area contributed by atoms with Gasteiger partial charge in [0.25, 0.3) is 0 Å². The van der Waals surface area contributed by atoms with E-state index in [2.05, 4.69) is 27.6 Å². The highest BCUT2D eigenvalue weighted by Crippen LogP contribution is 2.39. The van der Waals surface area contributed by atoms with Crippen LogP contribution in [0.5, 0.6) is 0 Å². The number of nitrogens with one attached hydrogen (secondary N) is 2. The highest BCUT2D eigenvalue weighted by molar-refractivity contribution is 5.57. The molecule has 1 heterocycles. The van der Waals surface area contributed by atoms with E-state index in [4.69, 9.17) is 5.84 Å². The predicted molar refractivity (Wildman–Crippen MR) is 74.6 cm³/mol. The molecule has 4 N–H and O–H groups in total. The molecule has 1 aromatic heterocycles. The smallest absolute Gasteiger partial charge is 0.148 e. The SMILES string of the molecule is CCCCCNc1nc(C2CC2)nc(NN)c1C. The van der Waals surface area contributed by atoms with Crippen LogP contribution >= 0.6 is 0 Å². The van der Waals surface area contributed by atoms with E-state index in [9.17, 15) is 0 Å². The van der Waals surface area contributed by atoms with Crippen molar-refractivity contribution in [2.24, 2.45) is 5.84 Å². The first-order chi connectivity index (χ1) is 8.76. The third-order valence-corrected chi connectivity index (χ3v) is 3.32. The Hall–Kier alpha value is -1.36. The van der Waals surface area contributed by atoms with Crippen molar-refractivity contribution >= 4 is 11.6 Å². The van der Waals surface area contributed by atoms with Gasteiger partial charge in [-0.05, 0) is 26.2 Å². The molecule has 1 aromatic rings. The summed E-state index contributed by atoms with van der Waals surface area (Å²) < 4.78 is 0. The van der Waals surface area contributed by atoms with Crippen molar-refractivity contribution in [3.05, 3.63) is 11.4 Å². The normalized spacial score (nSPS) is 14.6. The van der Waals surface area contributed by atoms with Crippen LogP contribution in [0.3, 0.4) is 0 Å². The lowest BCUT2D eigenvalue weighted by molar-refractivity contribution is 0.740. The number of aromatic nitrogens is 2. The molecule has 1 aliphatic rings. The largest absolute Gasteiger partial charge is 0.370 e. The van der Waals surface area contributed by atoms with Crippen molar-refractivity contribution < 1.29 is 0 Å². The van der Waals surface area contributed by atoms with Crippen LogP contribution in [0.2, 0.25) is 0 Å². The van der Waals surface area contributed by atoms with Gasteiger partial charge in [-0.3, -0.25) is 0 Å². The summed E-state index contributed by atoms with van der Waals surface area (Å²) in [7, 11) is 0. The molecule has 0 aliphatic heterocycles. The van der Waals surface area contributed by atoms with Crippen molar-refractivity contribution in [1.82, 2.24) is 9.97 Å². The summed E-state index contributed by atoms with van der Waals surface area (Å²) in [4.78, 5) is 9.09. The van der Waals surface area contributed by atoms with Gasteiger partial charge < -0.3 is 10.7 Å². The predicted octanol–water partition coefficient (Wildman–Crippen LogP) is 2.55. The summed E-state index contributed by atoms with van der Waals surface area (Å²) in [5, 5.41) is 3.40. The Morgan fingerprint density at radius 3 is 2.56 bits per heavy atom. The fraction of sp³-hybridized carbons (Fsp3) is 0.692. The van der Waals surface area contributed by atoms with Gasteiger partial charge in [-0.15, -0.1) is 0 Å². The van der Waals surface area contributed by atoms with Crippen LogP contribution in [-0.2, 0) is 0 Å². The molecule has 0 atom stereocenters. The van der Waals surface area contributed by atoms with E-state index in [0.717, 1.165) is 29.6 Å². The average molecular weight is 249 g/mol. The van der Waals surface area contributed by atoms with Gasteiger partial charge in [0.15, 0.2) is 0 Å². The van der Waals surface area contributed by atoms with E-state index in [0.29, 0.717) is 5.92 Å². The Bertz CT molecular complexity index is 401. The second-order valence-electron chi connectivity index (χ2n) is 4.96. The van der Waals surface area contributed by atoms with E-state index in [1.54, 1.807) is 0 Å². The van der Waals surface area contributed by atoms with Crippen molar-refractivity contribution in [2.45, 2.75) is 51.9 Å². The zero-order valence-corrected chi connectivity index (χ0v) is 11.3.